The van der Waals surface area contributed by atoms with Gasteiger partial charge in [0.2, 0.25) is 0 Å². The van der Waals surface area contributed by atoms with Crippen molar-refractivity contribution in [2.24, 2.45) is 0 Å². The number of ether oxygens (including phenoxy) is 1. The number of rotatable bonds is 6. The van der Waals surface area contributed by atoms with Crippen LogP contribution in [0.2, 0.25) is 0 Å². The van der Waals surface area contributed by atoms with Crippen molar-refractivity contribution in [2.75, 3.05) is 19.1 Å². The zero-order valence-corrected chi connectivity index (χ0v) is 13.3. The number of nitrogens with one attached hydrogen (secondary N) is 1. The molecule has 2 aromatic rings. The van der Waals surface area contributed by atoms with E-state index in [1.54, 1.807) is 7.11 Å². The fourth-order valence-electron chi connectivity index (χ4n) is 2.26. The smallest absolute Gasteiger partial charge is 0.120 e. The predicted molar refractivity (Wildman–Crippen MR) is 89.5 cm³/mol. The summed E-state index contributed by atoms with van der Waals surface area (Å²) in [6, 6.07) is 17.1. The first-order valence-electron chi connectivity index (χ1n) is 7.31. The molecule has 0 aromatic heterocycles. The summed E-state index contributed by atoms with van der Waals surface area (Å²) in [7, 11) is 3.78. The second-order valence-corrected chi connectivity index (χ2v) is 5.42. The molecule has 0 amide bonds. The number of nitrogens with zero attached hydrogens (tertiary/aromatic N) is 1. The van der Waals surface area contributed by atoms with Crippen molar-refractivity contribution >= 4 is 11.4 Å². The fourth-order valence-corrected chi connectivity index (χ4v) is 2.26. The predicted octanol–water partition coefficient (Wildman–Crippen LogP) is 3.96. The van der Waals surface area contributed by atoms with Crippen LogP contribution in [0, 0.1) is 0 Å². The molecule has 0 atom stereocenters. The number of hydrogen-bond donors (Lipinski definition) is 1. The lowest BCUT2D eigenvalue weighted by atomic mass is 10.1. The van der Waals surface area contributed by atoms with Gasteiger partial charge in [0.25, 0.3) is 0 Å². The van der Waals surface area contributed by atoms with Crippen LogP contribution in [0.3, 0.4) is 0 Å². The van der Waals surface area contributed by atoms with Crippen molar-refractivity contribution < 1.29 is 4.74 Å². The highest BCUT2D eigenvalue weighted by Gasteiger charge is 2.09. The molecule has 3 heteroatoms. The first kappa shape index (κ1) is 15.4. The first-order chi connectivity index (χ1) is 10.1. The number of benzene rings is 2. The highest BCUT2D eigenvalue weighted by Crippen LogP contribution is 2.29. The third-order valence-corrected chi connectivity index (χ3v) is 3.49. The minimum Gasteiger partial charge on any atom is -0.497 e. The van der Waals surface area contributed by atoms with Crippen molar-refractivity contribution in [3.05, 3.63) is 54.1 Å². The summed E-state index contributed by atoms with van der Waals surface area (Å²) in [5, 5.41) is 3.48. The van der Waals surface area contributed by atoms with Gasteiger partial charge in [0.1, 0.15) is 5.75 Å². The molecule has 21 heavy (non-hydrogen) atoms. The van der Waals surface area contributed by atoms with Crippen LogP contribution in [-0.4, -0.2) is 20.2 Å². The van der Waals surface area contributed by atoms with Crippen LogP contribution < -0.4 is 15.0 Å². The molecule has 0 aliphatic carbocycles. The first-order valence-corrected chi connectivity index (χ1v) is 7.31. The van der Waals surface area contributed by atoms with Gasteiger partial charge >= 0.3 is 0 Å². The fraction of sp³-hybridized carbons (Fsp3) is 0.333. The third kappa shape index (κ3) is 3.99. The van der Waals surface area contributed by atoms with Gasteiger partial charge in [0.05, 0.1) is 7.11 Å². The van der Waals surface area contributed by atoms with Gasteiger partial charge in [-0.1, -0.05) is 38.1 Å². The van der Waals surface area contributed by atoms with E-state index in [2.05, 4.69) is 61.4 Å². The molecule has 1 N–H and O–H groups in total. The van der Waals surface area contributed by atoms with Gasteiger partial charge < -0.3 is 15.0 Å². The molecule has 0 unspecified atom stereocenters. The van der Waals surface area contributed by atoms with Crippen LogP contribution in [-0.2, 0) is 6.54 Å². The van der Waals surface area contributed by atoms with E-state index in [-0.39, 0.29) is 0 Å². The number of anilines is 2. The maximum Gasteiger partial charge on any atom is 0.120 e. The summed E-state index contributed by atoms with van der Waals surface area (Å²) in [5.41, 5.74) is 3.61. The van der Waals surface area contributed by atoms with Crippen molar-refractivity contribution in [1.29, 1.82) is 0 Å². The Morgan fingerprint density at radius 3 is 2.57 bits per heavy atom. The molecule has 0 bridgehead atoms. The molecule has 3 nitrogen and oxygen atoms in total. The maximum atomic E-state index is 5.31. The van der Waals surface area contributed by atoms with Crippen molar-refractivity contribution in [3.63, 3.8) is 0 Å². The Morgan fingerprint density at radius 2 is 1.86 bits per heavy atom. The second-order valence-electron chi connectivity index (χ2n) is 5.42. The Hall–Kier alpha value is -2.00. The van der Waals surface area contributed by atoms with Crippen LogP contribution in [0.4, 0.5) is 11.4 Å². The monoisotopic (exact) mass is 284 g/mol. The van der Waals surface area contributed by atoms with Crippen LogP contribution in [0.25, 0.3) is 0 Å². The summed E-state index contributed by atoms with van der Waals surface area (Å²) in [4.78, 5) is 2.19. The van der Waals surface area contributed by atoms with E-state index in [9.17, 15) is 0 Å². The van der Waals surface area contributed by atoms with Gasteiger partial charge in [0.15, 0.2) is 0 Å². The molecular formula is C18H24N2O. The normalized spacial score (nSPS) is 10.7. The highest BCUT2D eigenvalue weighted by atomic mass is 16.5. The van der Waals surface area contributed by atoms with E-state index in [4.69, 9.17) is 4.74 Å². The standard InChI is InChI=1S/C18H24N2O/c1-14(2)19-13-15-8-5-6-11-18(15)20(3)16-9-7-10-17(12-16)21-4/h5-12,14,19H,13H2,1-4H3. The van der Waals surface area contributed by atoms with Gasteiger partial charge in [-0.3, -0.25) is 0 Å². The Labute approximate surface area is 127 Å². The van der Waals surface area contributed by atoms with E-state index in [0.29, 0.717) is 6.04 Å². The van der Waals surface area contributed by atoms with Crippen LogP contribution >= 0.6 is 0 Å². The average molecular weight is 284 g/mol. The van der Waals surface area contributed by atoms with E-state index < -0.39 is 0 Å². The number of methoxy groups -OCH3 is 1. The summed E-state index contributed by atoms with van der Waals surface area (Å²) in [6.07, 6.45) is 0. The summed E-state index contributed by atoms with van der Waals surface area (Å²) in [5.74, 6) is 0.872. The molecule has 0 spiro atoms. The molecule has 0 aliphatic heterocycles. The highest BCUT2D eigenvalue weighted by molar-refractivity contribution is 5.66. The van der Waals surface area contributed by atoms with Gasteiger partial charge in [0, 0.05) is 37.1 Å². The number of para-hydroxylation sites is 1. The second kappa shape index (κ2) is 7.14. The lowest BCUT2D eigenvalue weighted by molar-refractivity contribution is 0.415. The Morgan fingerprint density at radius 1 is 1.10 bits per heavy atom. The lowest BCUT2D eigenvalue weighted by Gasteiger charge is -2.23. The van der Waals surface area contributed by atoms with Gasteiger partial charge in [-0.05, 0) is 23.8 Å². The van der Waals surface area contributed by atoms with Crippen molar-refractivity contribution in [3.8, 4) is 5.75 Å². The molecule has 112 valence electrons. The molecule has 2 aromatic carbocycles. The van der Waals surface area contributed by atoms with Gasteiger partial charge in [-0.2, -0.15) is 0 Å². The van der Waals surface area contributed by atoms with Crippen LogP contribution in [0.5, 0.6) is 5.75 Å². The molecule has 0 heterocycles. The van der Waals surface area contributed by atoms with Crippen LogP contribution in [0.1, 0.15) is 19.4 Å². The zero-order valence-electron chi connectivity index (χ0n) is 13.3. The van der Waals surface area contributed by atoms with E-state index in [1.165, 1.54) is 11.3 Å². The molecule has 2 rings (SSSR count). The lowest BCUT2D eigenvalue weighted by Crippen LogP contribution is -2.23. The van der Waals surface area contributed by atoms with Crippen molar-refractivity contribution in [2.45, 2.75) is 26.4 Å². The minimum absolute atomic E-state index is 0.472. The quantitative estimate of drug-likeness (QED) is 0.869. The topological polar surface area (TPSA) is 24.5 Å². The summed E-state index contributed by atoms with van der Waals surface area (Å²) < 4.78 is 5.31. The molecular weight excluding hydrogens is 260 g/mol. The Bertz CT molecular complexity index is 581. The number of hydrogen-bond acceptors (Lipinski definition) is 3. The molecule has 0 saturated carbocycles. The molecule has 0 aliphatic rings. The Balaban J connectivity index is 2.27. The van der Waals surface area contributed by atoms with E-state index >= 15 is 0 Å². The average Bonchev–Trinajstić information content (AvgIpc) is 2.52. The third-order valence-electron chi connectivity index (χ3n) is 3.49. The van der Waals surface area contributed by atoms with Crippen molar-refractivity contribution in [1.82, 2.24) is 5.32 Å². The van der Waals surface area contributed by atoms with Gasteiger partial charge in [-0.25, -0.2) is 0 Å². The minimum atomic E-state index is 0.472. The Kier molecular flexibility index (Phi) is 5.23. The van der Waals surface area contributed by atoms with E-state index in [1.807, 2.05) is 18.2 Å². The van der Waals surface area contributed by atoms with Gasteiger partial charge in [-0.15, -0.1) is 0 Å². The SMILES string of the molecule is COc1cccc(N(C)c2ccccc2CNC(C)C)c1. The molecule has 0 saturated heterocycles. The van der Waals surface area contributed by atoms with Crippen LogP contribution in [0.15, 0.2) is 48.5 Å². The molecule has 0 radical (unpaired) electrons. The summed E-state index contributed by atoms with van der Waals surface area (Å²) in [6.45, 7) is 5.19. The van der Waals surface area contributed by atoms with E-state index in [0.717, 1.165) is 18.0 Å². The maximum absolute atomic E-state index is 5.31. The largest absolute Gasteiger partial charge is 0.497 e. The zero-order chi connectivity index (χ0) is 15.2. The molecule has 0 fully saturated rings. The summed E-state index contributed by atoms with van der Waals surface area (Å²) >= 11 is 0.